The maximum atomic E-state index is 11.7. The number of aromatic hydroxyl groups is 1. The number of rotatable bonds is 5. The highest BCUT2D eigenvalue weighted by molar-refractivity contribution is 5.87. The van der Waals surface area contributed by atoms with Gasteiger partial charge in [0.05, 0.1) is 0 Å². The van der Waals surface area contributed by atoms with Crippen molar-refractivity contribution in [1.29, 1.82) is 0 Å². The van der Waals surface area contributed by atoms with Gasteiger partial charge in [-0.25, -0.2) is 4.79 Å². The second kappa shape index (κ2) is 8.22. The number of hydrogen-bond donors (Lipinski definition) is 4. The zero-order valence-electron chi connectivity index (χ0n) is 13.0. The SMILES string of the molecule is CO[C@H]1O[C@H](COC(=O)/C=C/c2ccc(O)cc2)[C@@H](O)[C@H](O)[C@H]1O. The molecule has 0 unspecified atom stereocenters. The van der Waals surface area contributed by atoms with Gasteiger partial charge in [0.25, 0.3) is 0 Å². The number of aliphatic hydroxyl groups excluding tert-OH is 3. The minimum atomic E-state index is -1.47. The summed E-state index contributed by atoms with van der Waals surface area (Å²) in [4.78, 5) is 11.7. The average molecular weight is 340 g/mol. The van der Waals surface area contributed by atoms with E-state index in [-0.39, 0.29) is 12.4 Å². The van der Waals surface area contributed by atoms with E-state index in [2.05, 4.69) is 0 Å². The summed E-state index contributed by atoms with van der Waals surface area (Å²) in [6, 6.07) is 6.20. The molecule has 132 valence electrons. The third-order valence-corrected chi connectivity index (χ3v) is 3.60. The third-order valence-electron chi connectivity index (χ3n) is 3.60. The molecule has 0 saturated carbocycles. The standard InChI is InChI=1S/C16H20O8/c1-22-16-15(21)14(20)13(19)11(24-16)8-23-12(18)7-4-9-2-5-10(17)6-3-9/h2-7,11,13-17,19-21H,8H2,1H3/b7-4+/t11-,13-,14+,15-,16+/m1/s1. The number of hydrogen-bond acceptors (Lipinski definition) is 8. The molecule has 5 atom stereocenters. The monoisotopic (exact) mass is 340 g/mol. The highest BCUT2D eigenvalue weighted by Crippen LogP contribution is 2.22. The summed E-state index contributed by atoms with van der Waals surface area (Å²) in [6.07, 6.45) is -3.76. The number of carbonyl (C=O) groups excluding carboxylic acids is 1. The van der Waals surface area contributed by atoms with Gasteiger partial charge in [-0.3, -0.25) is 0 Å². The Morgan fingerprint density at radius 3 is 2.46 bits per heavy atom. The van der Waals surface area contributed by atoms with E-state index in [1.165, 1.54) is 31.4 Å². The molecule has 1 aliphatic rings. The van der Waals surface area contributed by atoms with E-state index >= 15 is 0 Å². The molecule has 0 bridgehead atoms. The molecule has 1 aromatic rings. The Hall–Kier alpha value is -1.97. The number of aliphatic hydroxyl groups is 3. The molecule has 2 rings (SSSR count). The van der Waals surface area contributed by atoms with Crippen LogP contribution in [0.5, 0.6) is 5.75 Å². The predicted octanol–water partition coefficient (Wildman–Crippen LogP) is -0.597. The maximum absolute atomic E-state index is 11.7. The normalized spacial score (nSPS) is 30.4. The lowest BCUT2D eigenvalue weighted by atomic mass is 9.99. The van der Waals surface area contributed by atoms with Gasteiger partial charge in [0, 0.05) is 13.2 Å². The predicted molar refractivity (Wildman–Crippen MR) is 81.8 cm³/mol. The Kier molecular flexibility index (Phi) is 6.29. The van der Waals surface area contributed by atoms with E-state index in [0.717, 1.165) is 0 Å². The molecule has 1 fully saturated rings. The van der Waals surface area contributed by atoms with Crippen molar-refractivity contribution in [3.05, 3.63) is 35.9 Å². The summed E-state index contributed by atoms with van der Waals surface area (Å²) in [6.45, 7) is -0.316. The Morgan fingerprint density at radius 2 is 1.83 bits per heavy atom. The lowest BCUT2D eigenvalue weighted by molar-refractivity contribution is -0.294. The first kappa shape index (κ1) is 18.4. The molecule has 0 amide bonds. The first-order chi connectivity index (χ1) is 11.4. The van der Waals surface area contributed by atoms with Gasteiger partial charge in [-0.05, 0) is 23.8 Å². The van der Waals surface area contributed by atoms with Crippen LogP contribution in [-0.2, 0) is 19.0 Å². The largest absolute Gasteiger partial charge is 0.508 e. The molecule has 0 spiro atoms. The minimum Gasteiger partial charge on any atom is -0.508 e. The van der Waals surface area contributed by atoms with Gasteiger partial charge >= 0.3 is 5.97 Å². The Morgan fingerprint density at radius 1 is 1.17 bits per heavy atom. The second-order valence-corrected chi connectivity index (χ2v) is 5.31. The molecule has 1 heterocycles. The fraction of sp³-hybridized carbons (Fsp3) is 0.438. The van der Waals surface area contributed by atoms with E-state index in [9.17, 15) is 20.1 Å². The Bertz CT molecular complexity index is 568. The van der Waals surface area contributed by atoms with Gasteiger partial charge < -0.3 is 34.6 Å². The molecular formula is C16H20O8. The molecule has 0 aliphatic carbocycles. The molecule has 0 radical (unpaired) electrons. The summed E-state index contributed by atoms with van der Waals surface area (Å²) in [7, 11) is 1.28. The van der Waals surface area contributed by atoms with Gasteiger partial charge in [-0.15, -0.1) is 0 Å². The molecule has 8 nitrogen and oxygen atoms in total. The summed E-state index contributed by atoms with van der Waals surface area (Å²) in [5.41, 5.74) is 0.691. The zero-order chi connectivity index (χ0) is 17.7. The van der Waals surface area contributed by atoms with Crippen LogP contribution < -0.4 is 0 Å². The van der Waals surface area contributed by atoms with Crippen LogP contribution in [0.1, 0.15) is 5.56 Å². The number of methoxy groups -OCH3 is 1. The molecule has 24 heavy (non-hydrogen) atoms. The number of esters is 1. The topological polar surface area (TPSA) is 126 Å². The van der Waals surface area contributed by atoms with E-state index < -0.39 is 36.7 Å². The van der Waals surface area contributed by atoms with Crippen LogP contribution >= 0.6 is 0 Å². The van der Waals surface area contributed by atoms with Crippen molar-refractivity contribution in [3.63, 3.8) is 0 Å². The van der Waals surface area contributed by atoms with Gasteiger partial charge in [0.1, 0.15) is 36.8 Å². The van der Waals surface area contributed by atoms with E-state index in [1.54, 1.807) is 12.1 Å². The first-order valence-corrected chi connectivity index (χ1v) is 7.28. The third kappa shape index (κ3) is 4.53. The van der Waals surface area contributed by atoms with Crippen molar-refractivity contribution >= 4 is 12.0 Å². The number of ether oxygens (including phenoxy) is 3. The lowest BCUT2D eigenvalue weighted by Crippen LogP contribution is -2.59. The maximum Gasteiger partial charge on any atom is 0.330 e. The number of benzene rings is 1. The highest BCUT2D eigenvalue weighted by atomic mass is 16.7. The first-order valence-electron chi connectivity index (χ1n) is 7.28. The van der Waals surface area contributed by atoms with Gasteiger partial charge in [-0.1, -0.05) is 12.1 Å². The Balaban J connectivity index is 1.87. The van der Waals surface area contributed by atoms with Gasteiger partial charge in [0.15, 0.2) is 6.29 Å². The van der Waals surface area contributed by atoms with Gasteiger partial charge in [0.2, 0.25) is 0 Å². The van der Waals surface area contributed by atoms with Crippen LogP contribution in [0.2, 0.25) is 0 Å². The van der Waals surface area contributed by atoms with Crippen molar-refractivity contribution in [2.24, 2.45) is 0 Å². The van der Waals surface area contributed by atoms with Crippen molar-refractivity contribution in [1.82, 2.24) is 0 Å². The van der Waals surface area contributed by atoms with Gasteiger partial charge in [-0.2, -0.15) is 0 Å². The van der Waals surface area contributed by atoms with Crippen molar-refractivity contribution in [3.8, 4) is 5.75 Å². The highest BCUT2D eigenvalue weighted by Gasteiger charge is 2.44. The number of phenols is 1. The molecule has 4 N–H and O–H groups in total. The summed E-state index contributed by atoms with van der Waals surface area (Å²) >= 11 is 0. The van der Waals surface area contributed by atoms with Crippen molar-refractivity contribution in [2.75, 3.05) is 13.7 Å². The van der Waals surface area contributed by atoms with Crippen LogP contribution in [0.4, 0.5) is 0 Å². The molecule has 1 saturated heterocycles. The lowest BCUT2D eigenvalue weighted by Gasteiger charge is -2.39. The smallest absolute Gasteiger partial charge is 0.330 e. The molecule has 1 aliphatic heterocycles. The molecule has 8 heteroatoms. The molecule has 1 aromatic carbocycles. The summed E-state index contributed by atoms with van der Waals surface area (Å²) < 4.78 is 15.1. The fourth-order valence-corrected chi connectivity index (χ4v) is 2.21. The van der Waals surface area contributed by atoms with E-state index in [4.69, 9.17) is 19.3 Å². The molecular weight excluding hydrogens is 320 g/mol. The van der Waals surface area contributed by atoms with E-state index in [0.29, 0.717) is 5.56 Å². The quantitative estimate of drug-likeness (QED) is 0.414. The number of phenolic OH excluding ortho intramolecular Hbond substituents is 1. The summed E-state index contributed by atoms with van der Waals surface area (Å²) in [5.74, 6) is -0.556. The average Bonchev–Trinajstić information content (AvgIpc) is 2.58. The van der Waals surface area contributed by atoms with E-state index in [1.807, 2.05) is 0 Å². The Labute approximate surface area is 138 Å². The second-order valence-electron chi connectivity index (χ2n) is 5.31. The van der Waals surface area contributed by atoms with Crippen LogP contribution in [0.25, 0.3) is 6.08 Å². The van der Waals surface area contributed by atoms with Crippen LogP contribution in [-0.4, -0.2) is 70.8 Å². The number of carbonyl (C=O) groups is 1. The zero-order valence-corrected chi connectivity index (χ0v) is 13.0. The van der Waals surface area contributed by atoms with Crippen molar-refractivity contribution < 1.29 is 39.4 Å². The summed E-state index contributed by atoms with van der Waals surface area (Å²) in [5, 5.41) is 38.4. The van der Waals surface area contributed by atoms with Crippen LogP contribution in [0, 0.1) is 0 Å². The van der Waals surface area contributed by atoms with Crippen LogP contribution in [0.3, 0.4) is 0 Å². The fourth-order valence-electron chi connectivity index (χ4n) is 2.21. The van der Waals surface area contributed by atoms with Crippen LogP contribution in [0.15, 0.2) is 30.3 Å². The molecule has 0 aromatic heterocycles. The minimum absolute atomic E-state index is 0.117. The van der Waals surface area contributed by atoms with Crippen molar-refractivity contribution in [2.45, 2.75) is 30.7 Å².